The quantitative estimate of drug-likeness (QED) is 0.214. The van der Waals surface area contributed by atoms with Crippen LogP contribution in [0.15, 0.2) is 136 Å². The van der Waals surface area contributed by atoms with Gasteiger partial charge < -0.3 is 8.83 Å². The molecule has 0 saturated heterocycles. The second-order valence-corrected chi connectivity index (χ2v) is 11.0. The summed E-state index contributed by atoms with van der Waals surface area (Å²) in [6, 6.07) is 43.6. The monoisotopic (exact) mass is 551 g/mol. The van der Waals surface area contributed by atoms with Gasteiger partial charge in [-0.25, -0.2) is 9.97 Å². The van der Waals surface area contributed by atoms with Crippen LogP contribution < -0.4 is 0 Å². The van der Waals surface area contributed by atoms with Gasteiger partial charge in [-0.05, 0) is 36.4 Å². The first-order valence-corrected chi connectivity index (χ1v) is 14.3. The van der Waals surface area contributed by atoms with Gasteiger partial charge in [0, 0.05) is 43.3 Å². The van der Waals surface area contributed by atoms with E-state index in [1.54, 1.807) is 0 Å². The Balaban J connectivity index is 1.38. The number of furan rings is 2. The maximum Gasteiger partial charge on any atom is 0.235 e. The van der Waals surface area contributed by atoms with E-state index in [1.807, 2.05) is 54.6 Å². The predicted molar refractivity (Wildman–Crippen MR) is 174 cm³/mol. The summed E-state index contributed by atoms with van der Waals surface area (Å²) in [7, 11) is 0. The summed E-state index contributed by atoms with van der Waals surface area (Å²) >= 11 is 0. The first-order valence-electron chi connectivity index (χ1n) is 14.3. The topological polar surface area (TPSA) is 57.0 Å². The Labute approximate surface area is 244 Å². The van der Waals surface area contributed by atoms with Gasteiger partial charge in [0.1, 0.15) is 22.3 Å². The molecule has 0 saturated carbocycles. The first kappa shape index (κ1) is 22.7. The molecule has 4 aromatic heterocycles. The van der Waals surface area contributed by atoms with E-state index in [2.05, 4.69) is 77.4 Å². The van der Waals surface area contributed by atoms with Crippen LogP contribution in [0.1, 0.15) is 0 Å². The smallest absolute Gasteiger partial charge is 0.235 e. The lowest BCUT2D eigenvalue weighted by Crippen LogP contribution is -2.03. The Hall–Kier alpha value is -5.94. The van der Waals surface area contributed by atoms with E-state index in [-0.39, 0.29) is 0 Å². The third-order valence-electron chi connectivity index (χ3n) is 8.63. The fourth-order valence-electron chi connectivity index (χ4n) is 6.78. The summed E-state index contributed by atoms with van der Waals surface area (Å²) in [5, 5.41) is 7.49. The predicted octanol–water partition coefficient (Wildman–Crippen LogP) is 10.2. The van der Waals surface area contributed by atoms with E-state index in [0.29, 0.717) is 5.95 Å². The van der Waals surface area contributed by atoms with Crippen LogP contribution in [0.5, 0.6) is 0 Å². The van der Waals surface area contributed by atoms with Crippen LogP contribution in [-0.2, 0) is 0 Å². The van der Waals surface area contributed by atoms with Gasteiger partial charge in [0.15, 0.2) is 5.58 Å². The van der Waals surface area contributed by atoms with E-state index < -0.39 is 0 Å². The van der Waals surface area contributed by atoms with Gasteiger partial charge in [-0.2, -0.15) is 0 Å². The zero-order chi connectivity index (χ0) is 28.1. The van der Waals surface area contributed by atoms with E-state index >= 15 is 0 Å². The molecule has 0 spiro atoms. The number of benzene rings is 6. The lowest BCUT2D eigenvalue weighted by molar-refractivity contribution is 0.669. The Morgan fingerprint density at radius 2 is 1.14 bits per heavy atom. The molecule has 0 N–H and O–H groups in total. The molecule has 10 rings (SSSR count). The standard InChI is InChI=1S/C38H21N3O2/c1-5-15-29-26(12-1)35(28-14-9-19-33-34(28)27-13-4-8-18-32(27)42-33)40-38(39-29)41-30-16-6-2-10-22(30)24-20-21-25-23-11-3-7-17-31(23)43-37(25)36(24)41/h1-21H. The average Bonchev–Trinajstić information content (AvgIpc) is 3.74. The van der Waals surface area contributed by atoms with Gasteiger partial charge in [0.2, 0.25) is 5.95 Å². The first-order chi connectivity index (χ1) is 21.3. The van der Waals surface area contributed by atoms with Crippen LogP contribution in [0.3, 0.4) is 0 Å². The number of hydrogen-bond acceptors (Lipinski definition) is 4. The minimum atomic E-state index is 0.595. The molecule has 0 radical (unpaired) electrons. The second-order valence-electron chi connectivity index (χ2n) is 11.0. The van der Waals surface area contributed by atoms with Crippen molar-refractivity contribution in [2.75, 3.05) is 0 Å². The van der Waals surface area contributed by atoms with E-state index in [1.165, 1.54) is 0 Å². The van der Waals surface area contributed by atoms with Crippen molar-refractivity contribution >= 4 is 76.6 Å². The van der Waals surface area contributed by atoms with E-state index in [4.69, 9.17) is 18.8 Å². The number of nitrogens with zero attached hydrogens (tertiary/aromatic N) is 3. The van der Waals surface area contributed by atoms with E-state index in [0.717, 1.165) is 87.8 Å². The highest BCUT2D eigenvalue weighted by Crippen LogP contribution is 2.42. The molecule has 0 amide bonds. The van der Waals surface area contributed by atoms with Gasteiger partial charge in [-0.1, -0.05) is 91.0 Å². The SMILES string of the molecule is c1ccc2c(-c3cccc4oc5ccccc5c34)nc(-n3c4ccccc4c4ccc5c6ccccc6oc5c43)nc2c1. The molecule has 4 heterocycles. The lowest BCUT2D eigenvalue weighted by Gasteiger charge is -2.12. The number of aromatic nitrogens is 3. The Morgan fingerprint density at radius 3 is 2.02 bits per heavy atom. The Kier molecular flexibility index (Phi) is 4.39. The highest BCUT2D eigenvalue weighted by molar-refractivity contribution is 6.21. The maximum absolute atomic E-state index is 6.57. The molecule has 0 fully saturated rings. The Morgan fingerprint density at radius 1 is 0.465 bits per heavy atom. The molecule has 0 aliphatic rings. The molecule has 5 nitrogen and oxygen atoms in total. The third-order valence-corrected chi connectivity index (χ3v) is 8.63. The summed E-state index contributed by atoms with van der Waals surface area (Å²) in [6.07, 6.45) is 0. The average molecular weight is 552 g/mol. The van der Waals surface area contributed by atoms with Crippen LogP contribution in [0.4, 0.5) is 0 Å². The van der Waals surface area contributed by atoms with Crippen molar-refractivity contribution in [3.8, 4) is 17.2 Å². The van der Waals surface area contributed by atoms with Crippen LogP contribution in [0, 0.1) is 0 Å². The molecule has 0 aliphatic carbocycles. The van der Waals surface area contributed by atoms with Crippen molar-refractivity contribution in [1.82, 2.24) is 14.5 Å². The number of fused-ring (bicyclic) bond motifs is 11. The molecule has 0 aliphatic heterocycles. The maximum atomic E-state index is 6.57. The van der Waals surface area contributed by atoms with Crippen molar-refractivity contribution in [3.63, 3.8) is 0 Å². The molecule has 43 heavy (non-hydrogen) atoms. The Bertz CT molecular complexity index is 2750. The number of para-hydroxylation sites is 4. The molecule has 6 aromatic carbocycles. The molecular weight excluding hydrogens is 530 g/mol. The van der Waals surface area contributed by atoms with Gasteiger partial charge in [-0.15, -0.1) is 0 Å². The largest absolute Gasteiger partial charge is 0.456 e. The molecular formula is C38H21N3O2. The van der Waals surface area contributed by atoms with Crippen molar-refractivity contribution < 1.29 is 8.83 Å². The second kappa shape index (κ2) is 8.30. The van der Waals surface area contributed by atoms with Crippen molar-refractivity contribution in [1.29, 1.82) is 0 Å². The van der Waals surface area contributed by atoms with Gasteiger partial charge in [-0.3, -0.25) is 4.57 Å². The molecule has 200 valence electrons. The summed E-state index contributed by atoms with van der Waals surface area (Å²) < 4.78 is 15.0. The summed E-state index contributed by atoms with van der Waals surface area (Å²) in [5.74, 6) is 0.595. The molecule has 0 bridgehead atoms. The third kappa shape index (κ3) is 3.05. The van der Waals surface area contributed by atoms with Gasteiger partial charge in [0.25, 0.3) is 0 Å². The highest BCUT2D eigenvalue weighted by Gasteiger charge is 2.22. The van der Waals surface area contributed by atoms with E-state index in [9.17, 15) is 0 Å². The number of hydrogen-bond donors (Lipinski definition) is 0. The minimum Gasteiger partial charge on any atom is -0.456 e. The van der Waals surface area contributed by atoms with Crippen LogP contribution in [-0.4, -0.2) is 14.5 Å². The summed E-state index contributed by atoms with van der Waals surface area (Å²) in [4.78, 5) is 10.6. The summed E-state index contributed by atoms with van der Waals surface area (Å²) in [5.41, 5.74) is 8.12. The van der Waals surface area contributed by atoms with Crippen LogP contribution in [0.25, 0.3) is 93.8 Å². The van der Waals surface area contributed by atoms with Gasteiger partial charge >= 0.3 is 0 Å². The molecule has 0 unspecified atom stereocenters. The molecule has 5 heteroatoms. The van der Waals surface area contributed by atoms with Crippen molar-refractivity contribution in [3.05, 3.63) is 127 Å². The van der Waals surface area contributed by atoms with Crippen LogP contribution in [0.2, 0.25) is 0 Å². The zero-order valence-corrected chi connectivity index (χ0v) is 22.8. The summed E-state index contributed by atoms with van der Waals surface area (Å²) in [6.45, 7) is 0. The highest BCUT2D eigenvalue weighted by atomic mass is 16.3. The normalized spacial score (nSPS) is 12.2. The lowest BCUT2D eigenvalue weighted by atomic mass is 10.0. The fourth-order valence-corrected chi connectivity index (χ4v) is 6.78. The van der Waals surface area contributed by atoms with Crippen molar-refractivity contribution in [2.24, 2.45) is 0 Å². The van der Waals surface area contributed by atoms with Crippen LogP contribution >= 0.6 is 0 Å². The fraction of sp³-hybridized carbons (Fsp3) is 0. The van der Waals surface area contributed by atoms with Crippen molar-refractivity contribution in [2.45, 2.75) is 0 Å². The zero-order valence-electron chi connectivity index (χ0n) is 22.8. The minimum absolute atomic E-state index is 0.595. The molecule has 10 aromatic rings. The number of rotatable bonds is 2. The van der Waals surface area contributed by atoms with Gasteiger partial charge in [0.05, 0.1) is 16.7 Å². The molecule has 0 atom stereocenters.